The summed E-state index contributed by atoms with van der Waals surface area (Å²) >= 11 is 0. The number of amides is 2. The second kappa shape index (κ2) is 16.4. The zero-order valence-corrected chi connectivity index (χ0v) is 27.9. The summed E-state index contributed by atoms with van der Waals surface area (Å²) in [7, 11) is -3.95. The van der Waals surface area contributed by atoms with E-state index in [1.54, 1.807) is 42.5 Å². The van der Waals surface area contributed by atoms with Crippen LogP contribution in [0, 0.1) is 5.82 Å². The van der Waals surface area contributed by atoms with Crippen LogP contribution in [0.4, 0.5) is 10.1 Å². The van der Waals surface area contributed by atoms with E-state index >= 15 is 4.39 Å². The fraction of sp³-hybridized carbons (Fsp3) is 0.316. The summed E-state index contributed by atoms with van der Waals surface area (Å²) in [4.78, 5) is 29.7. The Hall–Kier alpha value is -4.70. The van der Waals surface area contributed by atoms with Crippen molar-refractivity contribution in [1.29, 1.82) is 0 Å². The minimum Gasteiger partial charge on any atom is -0.489 e. The van der Waals surface area contributed by atoms with Crippen LogP contribution in [0.15, 0.2) is 109 Å². The van der Waals surface area contributed by atoms with Gasteiger partial charge in [0.15, 0.2) is 0 Å². The van der Waals surface area contributed by atoms with E-state index in [0.29, 0.717) is 12.4 Å². The second-order valence-electron chi connectivity index (χ2n) is 12.2. The van der Waals surface area contributed by atoms with Gasteiger partial charge in [0.05, 0.1) is 11.9 Å². The highest BCUT2D eigenvalue weighted by atomic mass is 32.2. The highest BCUT2D eigenvalue weighted by Crippen LogP contribution is 2.25. The van der Waals surface area contributed by atoms with Gasteiger partial charge in [0.1, 0.15) is 30.8 Å². The highest BCUT2D eigenvalue weighted by molar-refractivity contribution is 7.92. The van der Waals surface area contributed by atoms with E-state index in [1.165, 1.54) is 11.0 Å². The van der Waals surface area contributed by atoms with Gasteiger partial charge < -0.3 is 15.0 Å². The molecule has 0 heterocycles. The fourth-order valence-corrected chi connectivity index (χ4v) is 6.82. The molecule has 1 unspecified atom stereocenters. The maximum absolute atomic E-state index is 15.0. The van der Waals surface area contributed by atoms with Crippen molar-refractivity contribution in [1.82, 2.24) is 10.2 Å². The van der Waals surface area contributed by atoms with Gasteiger partial charge in [-0.05, 0) is 54.3 Å². The van der Waals surface area contributed by atoms with Crippen molar-refractivity contribution >= 4 is 27.5 Å². The molecule has 48 heavy (non-hydrogen) atoms. The van der Waals surface area contributed by atoms with Crippen LogP contribution in [0.1, 0.15) is 48.8 Å². The molecule has 252 valence electrons. The predicted molar refractivity (Wildman–Crippen MR) is 185 cm³/mol. The van der Waals surface area contributed by atoms with Crippen LogP contribution in [-0.2, 0) is 39.2 Å². The molecule has 1 aliphatic carbocycles. The van der Waals surface area contributed by atoms with Crippen LogP contribution in [0.2, 0.25) is 0 Å². The molecule has 0 aliphatic heterocycles. The van der Waals surface area contributed by atoms with Crippen LogP contribution in [0.25, 0.3) is 0 Å². The third-order valence-corrected chi connectivity index (χ3v) is 9.71. The van der Waals surface area contributed by atoms with Gasteiger partial charge in [-0.25, -0.2) is 12.8 Å². The third-order valence-electron chi connectivity index (χ3n) is 8.57. The molecule has 4 aromatic rings. The maximum Gasteiger partial charge on any atom is 0.244 e. The summed E-state index contributed by atoms with van der Waals surface area (Å²) in [5.41, 5.74) is 2.28. The quantitative estimate of drug-likeness (QED) is 0.171. The van der Waals surface area contributed by atoms with Gasteiger partial charge in [-0.15, -0.1) is 0 Å². The minimum absolute atomic E-state index is 0.0231. The molecule has 2 amide bonds. The van der Waals surface area contributed by atoms with Crippen LogP contribution < -0.4 is 14.4 Å². The number of nitrogens with zero attached hydrogens (tertiary/aromatic N) is 2. The number of carbonyl (C=O) groups is 2. The van der Waals surface area contributed by atoms with Gasteiger partial charge in [-0.1, -0.05) is 98.1 Å². The number of rotatable bonds is 14. The van der Waals surface area contributed by atoms with Gasteiger partial charge >= 0.3 is 0 Å². The molecule has 0 radical (unpaired) electrons. The number of nitrogens with one attached hydrogen (secondary N) is 1. The number of carbonyl (C=O) groups excluding carboxylic acids is 2. The first kappa shape index (κ1) is 34.6. The zero-order chi connectivity index (χ0) is 33.9. The van der Waals surface area contributed by atoms with Gasteiger partial charge in [-0.2, -0.15) is 0 Å². The molecule has 1 atom stereocenters. The van der Waals surface area contributed by atoms with Gasteiger partial charge in [0.2, 0.25) is 21.8 Å². The van der Waals surface area contributed by atoms with Crippen molar-refractivity contribution in [2.45, 2.75) is 63.8 Å². The largest absolute Gasteiger partial charge is 0.489 e. The lowest BCUT2D eigenvalue weighted by Gasteiger charge is -2.35. The number of halogens is 1. The Labute approximate surface area is 282 Å². The minimum atomic E-state index is -3.95. The standard InChI is InChI=1S/C38H42FN3O5S/c1-48(45,46)42(33-21-23-34(24-22-33)47-28-30-15-7-3-8-16-30)27-37(43)41(26-31-17-11-12-20-35(31)39)36(25-29-13-5-2-6-14-29)38(44)40-32-18-9-4-10-19-32/h2-3,5-8,11-17,20-24,32,36H,4,9-10,18-19,25-28H2,1H3,(H,40,44). The Kier molecular flexibility index (Phi) is 11.8. The summed E-state index contributed by atoms with van der Waals surface area (Å²) in [6, 6.07) is 30.5. The van der Waals surface area contributed by atoms with E-state index < -0.39 is 34.3 Å². The number of benzene rings is 4. The van der Waals surface area contributed by atoms with E-state index in [-0.39, 0.29) is 36.2 Å². The Morgan fingerprint density at radius 3 is 2.06 bits per heavy atom. The summed E-state index contributed by atoms with van der Waals surface area (Å²) in [5, 5.41) is 3.15. The van der Waals surface area contributed by atoms with Crippen molar-refractivity contribution in [3.63, 3.8) is 0 Å². The molecule has 0 aromatic heterocycles. The average Bonchev–Trinajstić information content (AvgIpc) is 3.09. The van der Waals surface area contributed by atoms with Crippen molar-refractivity contribution < 1.29 is 27.1 Å². The predicted octanol–water partition coefficient (Wildman–Crippen LogP) is 6.26. The molecular weight excluding hydrogens is 629 g/mol. The van der Waals surface area contributed by atoms with Crippen molar-refractivity contribution in [2.75, 3.05) is 17.1 Å². The summed E-state index contributed by atoms with van der Waals surface area (Å²) in [6.07, 6.45) is 6.01. The monoisotopic (exact) mass is 671 g/mol. The molecule has 0 saturated heterocycles. The van der Waals surface area contributed by atoms with Crippen LogP contribution >= 0.6 is 0 Å². The highest BCUT2D eigenvalue weighted by Gasteiger charge is 2.34. The normalized spacial score (nSPS) is 14.1. The lowest BCUT2D eigenvalue weighted by Crippen LogP contribution is -2.55. The molecule has 1 aliphatic rings. The van der Waals surface area contributed by atoms with Gasteiger partial charge in [-0.3, -0.25) is 13.9 Å². The summed E-state index contributed by atoms with van der Waals surface area (Å²) < 4.78 is 48.2. The van der Waals surface area contributed by atoms with Gasteiger partial charge in [0, 0.05) is 24.6 Å². The lowest BCUT2D eigenvalue weighted by atomic mass is 9.94. The Morgan fingerprint density at radius 1 is 0.833 bits per heavy atom. The summed E-state index contributed by atoms with van der Waals surface area (Å²) in [6.45, 7) is -0.463. The van der Waals surface area contributed by atoms with Crippen molar-refractivity contribution in [3.05, 3.63) is 132 Å². The van der Waals surface area contributed by atoms with E-state index in [2.05, 4.69) is 5.32 Å². The second-order valence-corrected chi connectivity index (χ2v) is 14.1. The molecule has 8 nitrogen and oxygen atoms in total. The molecule has 1 fully saturated rings. The number of hydrogen-bond donors (Lipinski definition) is 1. The van der Waals surface area contributed by atoms with E-state index in [0.717, 1.165) is 53.8 Å². The van der Waals surface area contributed by atoms with Crippen molar-refractivity contribution in [3.8, 4) is 5.75 Å². The smallest absolute Gasteiger partial charge is 0.244 e. The fourth-order valence-electron chi connectivity index (χ4n) is 5.97. The molecule has 1 saturated carbocycles. The number of sulfonamides is 1. The van der Waals surface area contributed by atoms with E-state index in [1.807, 2.05) is 60.7 Å². The number of ether oxygens (including phenoxy) is 1. The van der Waals surface area contributed by atoms with Crippen LogP contribution in [0.3, 0.4) is 0 Å². The lowest BCUT2D eigenvalue weighted by molar-refractivity contribution is -0.140. The van der Waals surface area contributed by atoms with Gasteiger partial charge in [0.25, 0.3) is 0 Å². The van der Waals surface area contributed by atoms with Crippen LogP contribution in [0.5, 0.6) is 5.75 Å². The SMILES string of the molecule is CS(=O)(=O)N(CC(=O)N(Cc1ccccc1F)C(Cc1ccccc1)C(=O)NC1CCCCC1)c1ccc(OCc2ccccc2)cc1. The number of hydrogen-bond acceptors (Lipinski definition) is 5. The average molecular weight is 672 g/mol. The Balaban J connectivity index is 1.44. The number of anilines is 1. The topological polar surface area (TPSA) is 96.0 Å². The Bertz CT molecular complexity index is 1750. The van der Waals surface area contributed by atoms with E-state index in [9.17, 15) is 18.0 Å². The first-order chi connectivity index (χ1) is 23.2. The maximum atomic E-state index is 15.0. The first-order valence-electron chi connectivity index (χ1n) is 16.3. The molecule has 5 rings (SSSR count). The summed E-state index contributed by atoms with van der Waals surface area (Å²) in [5.74, 6) is -0.965. The van der Waals surface area contributed by atoms with E-state index in [4.69, 9.17) is 4.74 Å². The molecule has 4 aromatic carbocycles. The molecular formula is C38H42FN3O5S. The third kappa shape index (κ3) is 9.67. The first-order valence-corrected chi connectivity index (χ1v) is 18.1. The molecule has 1 N–H and O–H groups in total. The molecule has 0 spiro atoms. The van der Waals surface area contributed by atoms with Crippen molar-refractivity contribution in [2.24, 2.45) is 0 Å². The molecule has 10 heteroatoms. The zero-order valence-electron chi connectivity index (χ0n) is 27.1. The Morgan fingerprint density at radius 2 is 1.44 bits per heavy atom. The molecule has 0 bridgehead atoms. The van der Waals surface area contributed by atoms with Crippen LogP contribution in [-0.4, -0.2) is 50.0 Å².